The van der Waals surface area contributed by atoms with Gasteiger partial charge >= 0.3 is 0 Å². The summed E-state index contributed by atoms with van der Waals surface area (Å²) in [5.41, 5.74) is 1.70. The molecule has 0 aliphatic heterocycles. The van der Waals surface area contributed by atoms with Gasteiger partial charge in [-0.25, -0.2) is 9.97 Å². The van der Waals surface area contributed by atoms with Crippen molar-refractivity contribution in [2.75, 3.05) is 19.5 Å². The number of ether oxygens (including phenoxy) is 2. The molecule has 9 heteroatoms. The molecule has 0 radical (unpaired) electrons. The maximum atomic E-state index is 12.2. The largest absolute Gasteiger partial charge is 0.495 e. The molecule has 2 heterocycles. The van der Waals surface area contributed by atoms with E-state index in [4.69, 9.17) is 21.1 Å². The number of hydrogen-bond donors (Lipinski definition) is 2. The molecule has 0 aliphatic rings. The quantitative estimate of drug-likeness (QED) is 0.629. The SMILES string of the molecule is COc1cc(Nc2cnc(C(=O)NCc3cccnc3)cn2)c(OC)cc1Cl. The van der Waals surface area contributed by atoms with Crippen LogP contribution < -0.4 is 20.1 Å². The van der Waals surface area contributed by atoms with E-state index in [1.54, 1.807) is 24.5 Å². The van der Waals surface area contributed by atoms with Gasteiger partial charge in [0.2, 0.25) is 0 Å². The topological polar surface area (TPSA) is 98.3 Å². The number of carbonyl (C=O) groups is 1. The Morgan fingerprint density at radius 1 is 1.11 bits per heavy atom. The molecule has 1 aromatic carbocycles. The van der Waals surface area contributed by atoms with Gasteiger partial charge in [-0.15, -0.1) is 0 Å². The Morgan fingerprint density at radius 3 is 2.57 bits per heavy atom. The highest BCUT2D eigenvalue weighted by Gasteiger charge is 2.12. The molecule has 0 unspecified atom stereocenters. The van der Waals surface area contributed by atoms with Crippen molar-refractivity contribution < 1.29 is 14.3 Å². The first kappa shape index (κ1) is 19.4. The summed E-state index contributed by atoms with van der Waals surface area (Å²) in [6.07, 6.45) is 6.21. The minimum atomic E-state index is -0.325. The van der Waals surface area contributed by atoms with Gasteiger partial charge in [0, 0.05) is 31.1 Å². The third-order valence-corrected chi connectivity index (χ3v) is 4.09. The van der Waals surface area contributed by atoms with Crippen LogP contribution in [0.1, 0.15) is 16.1 Å². The first-order chi connectivity index (χ1) is 13.6. The second-order valence-electron chi connectivity index (χ2n) is 5.64. The van der Waals surface area contributed by atoms with Crippen LogP contribution in [0.2, 0.25) is 5.02 Å². The van der Waals surface area contributed by atoms with Crippen molar-refractivity contribution in [3.8, 4) is 11.5 Å². The van der Waals surface area contributed by atoms with Crippen LogP contribution in [0.25, 0.3) is 0 Å². The van der Waals surface area contributed by atoms with Gasteiger partial charge in [-0.3, -0.25) is 9.78 Å². The van der Waals surface area contributed by atoms with E-state index in [2.05, 4.69) is 25.6 Å². The molecule has 2 aromatic heterocycles. The van der Waals surface area contributed by atoms with Crippen LogP contribution in [0.3, 0.4) is 0 Å². The fraction of sp³-hybridized carbons (Fsp3) is 0.158. The number of carbonyl (C=O) groups excluding carboxylic acids is 1. The Hall–Kier alpha value is -3.39. The number of halogens is 1. The molecule has 144 valence electrons. The summed E-state index contributed by atoms with van der Waals surface area (Å²) < 4.78 is 10.5. The minimum absolute atomic E-state index is 0.204. The van der Waals surface area contributed by atoms with Crippen molar-refractivity contribution in [1.29, 1.82) is 0 Å². The molecule has 0 bridgehead atoms. The number of anilines is 2. The molecular formula is C19H18ClN5O3. The van der Waals surface area contributed by atoms with E-state index < -0.39 is 0 Å². The molecule has 8 nitrogen and oxygen atoms in total. The van der Waals surface area contributed by atoms with Crippen LogP contribution in [-0.4, -0.2) is 35.1 Å². The average Bonchev–Trinajstić information content (AvgIpc) is 2.74. The highest BCUT2D eigenvalue weighted by atomic mass is 35.5. The summed E-state index contributed by atoms with van der Waals surface area (Å²) in [7, 11) is 3.06. The van der Waals surface area contributed by atoms with E-state index in [1.807, 2.05) is 12.1 Å². The number of rotatable bonds is 7. The van der Waals surface area contributed by atoms with Crippen molar-refractivity contribution in [2.24, 2.45) is 0 Å². The highest BCUT2D eigenvalue weighted by Crippen LogP contribution is 2.36. The molecule has 0 aliphatic carbocycles. The van der Waals surface area contributed by atoms with E-state index in [0.717, 1.165) is 5.56 Å². The highest BCUT2D eigenvalue weighted by molar-refractivity contribution is 6.32. The van der Waals surface area contributed by atoms with E-state index >= 15 is 0 Å². The molecule has 2 N–H and O–H groups in total. The predicted octanol–water partition coefficient (Wildman–Crippen LogP) is 3.22. The zero-order valence-electron chi connectivity index (χ0n) is 15.3. The van der Waals surface area contributed by atoms with Gasteiger partial charge in [-0.2, -0.15) is 0 Å². The fourth-order valence-corrected chi connectivity index (χ4v) is 2.61. The Morgan fingerprint density at radius 2 is 1.93 bits per heavy atom. The van der Waals surface area contributed by atoms with Crippen LogP contribution in [0.5, 0.6) is 11.5 Å². The summed E-state index contributed by atoms with van der Waals surface area (Å²) >= 11 is 6.10. The Balaban J connectivity index is 1.68. The summed E-state index contributed by atoms with van der Waals surface area (Å²) in [5, 5.41) is 6.27. The normalized spacial score (nSPS) is 10.2. The summed E-state index contributed by atoms with van der Waals surface area (Å²) in [6.45, 7) is 0.357. The lowest BCUT2D eigenvalue weighted by Crippen LogP contribution is -2.24. The predicted molar refractivity (Wildman–Crippen MR) is 105 cm³/mol. The maximum absolute atomic E-state index is 12.2. The number of nitrogens with one attached hydrogen (secondary N) is 2. The van der Waals surface area contributed by atoms with Crippen molar-refractivity contribution >= 4 is 29.0 Å². The maximum Gasteiger partial charge on any atom is 0.271 e. The number of nitrogens with zero attached hydrogens (tertiary/aromatic N) is 3. The molecule has 3 rings (SSSR count). The molecule has 0 atom stereocenters. The van der Waals surface area contributed by atoms with Crippen molar-refractivity contribution in [2.45, 2.75) is 6.54 Å². The van der Waals surface area contributed by atoms with Crippen LogP contribution >= 0.6 is 11.6 Å². The smallest absolute Gasteiger partial charge is 0.271 e. The van der Waals surface area contributed by atoms with Gasteiger partial charge in [0.15, 0.2) is 0 Å². The van der Waals surface area contributed by atoms with Crippen LogP contribution in [0, 0.1) is 0 Å². The van der Waals surface area contributed by atoms with Crippen molar-refractivity contribution in [3.63, 3.8) is 0 Å². The van der Waals surface area contributed by atoms with E-state index in [9.17, 15) is 4.79 Å². The van der Waals surface area contributed by atoms with Gasteiger partial charge in [0.1, 0.15) is 23.0 Å². The molecule has 28 heavy (non-hydrogen) atoms. The van der Waals surface area contributed by atoms with Crippen molar-refractivity contribution in [1.82, 2.24) is 20.3 Å². The summed E-state index contributed by atoms with van der Waals surface area (Å²) in [4.78, 5) is 24.6. The number of benzene rings is 1. The Labute approximate surface area is 166 Å². The van der Waals surface area contributed by atoms with Crippen LogP contribution in [0.4, 0.5) is 11.5 Å². The number of amides is 1. The Kier molecular flexibility index (Phi) is 6.23. The summed E-state index contributed by atoms with van der Waals surface area (Å²) in [5.74, 6) is 1.12. The third-order valence-electron chi connectivity index (χ3n) is 3.80. The number of hydrogen-bond acceptors (Lipinski definition) is 7. The Bertz CT molecular complexity index is 952. The van der Waals surface area contributed by atoms with Crippen molar-refractivity contribution in [3.05, 3.63) is 65.3 Å². The van der Waals surface area contributed by atoms with Gasteiger partial charge in [-0.1, -0.05) is 17.7 Å². The summed E-state index contributed by atoms with van der Waals surface area (Å²) in [6, 6.07) is 7.01. The zero-order chi connectivity index (χ0) is 19.9. The standard InChI is InChI=1S/C19H18ClN5O3/c1-27-16-7-14(17(28-2)6-13(16)20)25-18-11-22-15(10-23-18)19(26)24-9-12-4-3-5-21-8-12/h3-8,10-11H,9H2,1-2H3,(H,23,25)(H,24,26). The lowest BCUT2D eigenvalue weighted by molar-refractivity contribution is 0.0945. The van der Waals surface area contributed by atoms with Gasteiger partial charge in [-0.05, 0) is 11.6 Å². The first-order valence-corrected chi connectivity index (χ1v) is 8.66. The number of aromatic nitrogens is 3. The molecular weight excluding hydrogens is 382 g/mol. The minimum Gasteiger partial charge on any atom is -0.495 e. The second kappa shape index (κ2) is 9.01. The third kappa shape index (κ3) is 4.66. The van der Waals surface area contributed by atoms with Crippen LogP contribution in [0.15, 0.2) is 49.1 Å². The van der Waals surface area contributed by atoms with E-state index in [0.29, 0.717) is 34.6 Å². The molecule has 0 saturated carbocycles. The molecule has 3 aromatic rings. The molecule has 0 fully saturated rings. The fourth-order valence-electron chi connectivity index (χ4n) is 2.38. The first-order valence-electron chi connectivity index (χ1n) is 8.28. The average molecular weight is 400 g/mol. The zero-order valence-corrected chi connectivity index (χ0v) is 16.0. The van der Waals surface area contributed by atoms with Crippen LogP contribution in [-0.2, 0) is 6.54 Å². The second-order valence-corrected chi connectivity index (χ2v) is 6.05. The number of methoxy groups -OCH3 is 2. The van der Waals surface area contributed by atoms with Gasteiger partial charge < -0.3 is 20.1 Å². The lowest BCUT2D eigenvalue weighted by Gasteiger charge is -2.13. The molecule has 0 spiro atoms. The molecule has 1 amide bonds. The van der Waals surface area contributed by atoms with Gasteiger partial charge in [0.25, 0.3) is 5.91 Å². The van der Waals surface area contributed by atoms with Gasteiger partial charge in [0.05, 0.1) is 37.3 Å². The van der Waals surface area contributed by atoms with E-state index in [-0.39, 0.29) is 11.6 Å². The molecule has 0 saturated heterocycles. The van der Waals surface area contributed by atoms with E-state index in [1.165, 1.54) is 26.6 Å². The number of pyridine rings is 1. The lowest BCUT2D eigenvalue weighted by atomic mass is 10.2. The monoisotopic (exact) mass is 399 g/mol.